The molecule has 1 aliphatic rings. The van der Waals surface area contributed by atoms with Crippen LogP contribution >= 0.6 is 0 Å². The van der Waals surface area contributed by atoms with E-state index < -0.39 is 0 Å². The lowest BCUT2D eigenvalue weighted by Crippen LogP contribution is -2.60. The number of piperidine rings is 1. The lowest BCUT2D eigenvalue weighted by atomic mass is 9.80. The van der Waals surface area contributed by atoms with Gasteiger partial charge in [-0.3, -0.25) is 0 Å². The van der Waals surface area contributed by atoms with Gasteiger partial charge in [-0.05, 0) is 64.8 Å². The summed E-state index contributed by atoms with van der Waals surface area (Å²) in [7, 11) is 0. The number of benzene rings is 1. The number of hydrogen-bond acceptors (Lipinski definition) is 5. The fraction of sp³-hybridized carbons (Fsp3) is 0.474. The number of aromatic nitrogens is 2. The molecule has 1 aliphatic heterocycles. The number of nitrogens with one attached hydrogen (secondary N) is 2. The minimum atomic E-state index is -0.298. The summed E-state index contributed by atoms with van der Waals surface area (Å²) >= 11 is 0. The second-order valence-corrected chi connectivity index (χ2v) is 7.92. The first kappa shape index (κ1) is 17.6. The lowest BCUT2D eigenvalue weighted by molar-refractivity contribution is 0.170. The van der Waals surface area contributed by atoms with Gasteiger partial charge in [-0.1, -0.05) is 0 Å². The van der Waals surface area contributed by atoms with Crippen molar-refractivity contribution >= 4 is 5.95 Å². The highest BCUT2D eigenvalue weighted by Gasteiger charge is 2.37. The van der Waals surface area contributed by atoms with Gasteiger partial charge in [-0.2, -0.15) is 4.98 Å². The SMILES string of the molecule is CC1(C)CC(Nc2nccc(Oc3ccc(F)cc3)n2)CC(C)(C)N1. The summed E-state index contributed by atoms with van der Waals surface area (Å²) in [5.41, 5.74) is 0.0866. The van der Waals surface area contributed by atoms with Crippen LogP contribution in [0.1, 0.15) is 40.5 Å². The van der Waals surface area contributed by atoms with Crippen LogP contribution in [-0.2, 0) is 0 Å². The van der Waals surface area contributed by atoms with Crippen molar-refractivity contribution in [1.29, 1.82) is 0 Å². The molecule has 1 aromatic carbocycles. The van der Waals surface area contributed by atoms with E-state index in [1.165, 1.54) is 12.1 Å². The number of anilines is 1. The summed E-state index contributed by atoms with van der Waals surface area (Å²) in [6.07, 6.45) is 3.61. The van der Waals surface area contributed by atoms with Gasteiger partial charge in [0.1, 0.15) is 11.6 Å². The summed E-state index contributed by atoms with van der Waals surface area (Å²) in [6.45, 7) is 8.82. The molecular weight excluding hydrogens is 319 g/mol. The zero-order valence-electron chi connectivity index (χ0n) is 15.1. The van der Waals surface area contributed by atoms with Crippen LogP contribution in [0.15, 0.2) is 36.5 Å². The van der Waals surface area contributed by atoms with Crippen molar-refractivity contribution in [2.24, 2.45) is 0 Å². The standard InChI is InChI=1S/C19H25FN4O/c1-18(2)11-14(12-19(3,4)24-18)22-17-21-10-9-16(23-17)25-15-7-5-13(20)6-8-15/h5-10,14,24H,11-12H2,1-4H3,(H,21,22,23). The molecule has 2 aromatic rings. The van der Waals surface area contributed by atoms with Crippen LogP contribution in [0.5, 0.6) is 11.6 Å². The molecule has 0 unspecified atom stereocenters. The maximum absolute atomic E-state index is 13.0. The molecule has 25 heavy (non-hydrogen) atoms. The smallest absolute Gasteiger partial charge is 0.226 e. The van der Waals surface area contributed by atoms with E-state index in [4.69, 9.17) is 4.74 Å². The maximum atomic E-state index is 13.0. The third-order valence-electron chi connectivity index (χ3n) is 4.19. The van der Waals surface area contributed by atoms with Crippen molar-refractivity contribution in [3.63, 3.8) is 0 Å². The van der Waals surface area contributed by atoms with Gasteiger partial charge in [0, 0.05) is 29.4 Å². The van der Waals surface area contributed by atoms with Crippen LogP contribution in [0.3, 0.4) is 0 Å². The third kappa shape index (κ3) is 4.89. The average molecular weight is 344 g/mol. The van der Waals surface area contributed by atoms with Gasteiger partial charge >= 0.3 is 0 Å². The fourth-order valence-corrected chi connectivity index (χ4v) is 3.70. The molecule has 1 fully saturated rings. The molecule has 2 heterocycles. The fourth-order valence-electron chi connectivity index (χ4n) is 3.70. The summed E-state index contributed by atoms with van der Waals surface area (Å²) < 4.78 is 18.7. The zero-order chi connectivity index (χ0) is 18.1. The molecule has 5 nitrogen and oxygen atoms in total. The largest absolute Gasteiger partial charge is 0.439 e. The normalized spacial score (nSPS) is 19.4. The summed E-state index contributed by atoms with van der Waals surface area (Å²) in [6, 6.07) is 7.81. The van der Waals surface area contributed by atoms with E-state index in [0.717, 1.165) is 12.8 Å². The Labute approximate surface area is 148 Å². The van der Waals surface area contributed by atoms with Gasteiger partial charge in [-0.15, -0.1) is 0 Å². The molecule has 3 rings (SSSR count). The van der Waals surface area contributed by atoms with Gasteiger partial charge in [-0.25, -0.2) is 9.37 Å². The molecule has 0 spiro atoms. The first-order chi connectivity index (χ1) is 11.7. The third-order valence-corrected chi connectivity index (χ3v) is 4.19. The van der Waals surface area contributed by atoms with Crippen LogP contribution in [0, 0.1) is 5.82 Å². The Hall–Kier alpha value is -2.21. The van der Waals surface area contributed by atoms with Crippen molar-refractivity contribution in [3.8, 4) is 11.6 Å². The van der Waals surface area contributed by atoms with E-state index in [1.54, 1.807) is 24.4 Å². The van der Waals surface area contributed by atoms with Crippen LogP contribution in [0.25, 0.3) is 0 Å². The van der Waals surface area contributed by atoms with E-state index in [-0.39, 0.29) is 22.9 Å². The Morgan fingerprint density at radius 2 is 1.72 bits per heavy atom. The van der Waals surface area contributed by atoms with Crippen LogP contribution in [-0.4, -0.2) is 27.1 Å². The van der Waals surface area contributed by atoms with E-state index in [9.17, 15) is 4.39 Å². The molecule has 0 radical (unpaired) electrons. The Balaban J connectivity index is 1.70. The molecule has 0 amide bonds. The predicted octanol–water partition coefficient (Wildman–Crippen LogP) is 4.13. The molecule has 0 atom stereocenters. The van der Waals surface area contributed by atoms with Gasteiger partial charge in [0.05, 0.1) is 0 Å². The predicted molar refractivity (Wildman–Crippen MR) is 96.4 cm³/mol. The number of nitrogens with zero attached hydrogens (tertiary/aromatic N) is 2. The van der Waals surface area contributed by atoms with Crippen LogP contribution in [0.2, 0.25) is 0 Å². The molecule has 1 saturated heterocycles. The Bertz CT molecular complexity index is 714. The zero-order valence-corrected chi connectivity index (χ0v) is 15.1. The average Bonchev–Trinajstić information content (AvgIpc) is 2.47. The van der Waals surface area contributed by atoms with Crippen LogP contribution in [0.4, 0.5) is 10.3 Å². The molecule has 2 N–H and O–H groups in total. The minimum absolute atomic E-state index is 0.0433. The molecule has 134 valence electrons. The summed E-state index contributed by atoms with van der Waals surface area (Å²) in [5.74, 6) is 1.21. The molecule has 6 heteroatoms. The summed E-state index contributed by atoms with van der Waals surface area (Å²) in [4.78, 5) is 8.72. The van der Waals surface area contributed by atoms with E-state index in [2.05, 4.69) is 48.3 Å². The van der Waals surface area contributed by atoms with Gasteiger partial charge in [0.25, 0.3) is 0 Å². The molecule has 1 aromatic heterocycles. The molecule has 0 bridgehead atoms. The molecule has 0 saturated carbocycles. The van der Waals surface area contributed by atoms with Gasteiger partial charge < -0.3 is 15.4 Å². The second-order valence-electron chi connectivity index (χ2n) is 7.92. The van der Waals surface area contributed by atoms with Crippen molar-refractivity contribution < 1.29 is 9.13 Å². The molecule has 0 aliphatic carbocycles. The number of rotatable bonds is 4. The van der Waals surface area contributed by atoms with Crippen molar-refractivity contribution in [2.45, 2.75) is 57.7 Å². The van der Waals surface area contributed by atoms with Gasteiger partial charge in [0.2, 0.25) is 11.8 Å². The highest BCUT2D eigenvalue weighted by Crippen LogP contribution is 2.30. The number of ether oxygens (including phenoxy) is 1. The van der Waals surface area contributed by atoms with Crippen molar-refractivity contribution in [3.05, 3.63) is 42.3 Å². The Kier molecular flexibility index (Phi) is 4.64. The molecular formula is C19H25FN4O. The summed E-state index contributed by atoms with van der Waals surface area (Å²) in [5, 5.41) is 7.09. The highest BCUT2D eigenvalue weighted by molar-refractivity contribution is 5.33. The lowest BCUT2D eigenvalue weighted by Gasteiger charge is -2.46. The van der Waals surface area contributed by atoms with Gasteiger partial charge in [0.15, 0.2) is 0 Å². The highest BCUT2D eigenvalue weighted by atomic mass is 19.1. The number of halogens is 1. The van der Waals surface area contributed by atoms with E-state index in [0.29, 0.717) is 17.6 Å². The monoisotopic (exact) mass is 344 g/mol. The van der Waals surface area contributed by atoms with Crippen molar-refractivity contribution in [1.82, 2.24) is 15.3 Å². The number of hydrogen-bond donors (Lipinski definition) is 2. The second kappa shape index (κ2) is 6.59. The topological polar surface area (TPSA) is 59.1 Å². The first-order valence-corrected chi connectivity index (χ1v) is 8.53. The first-order valence-electron chi connectivity index (χ1n) is 8.53. The Morgan fingerprint density at radius 1 is 1.08 bits per heavy atom. The van der Waals surface area contributed by atoms with E-state index >= 15 is 0 Å². The Morgan fingerprint density at radius 3 is 2.36 bits per heavy atom. The van der Waals surface area contributed by atoms with Crippen LogP contribution < -0.4 is 15.4 Å². The quantitative estimate of drug-likeness (QED) is 0.873. The maximum Gasteiger partial charge on any atom is 0.226 e. The van der Waals surface area contributed by atoms with Crippen molar-refractivity contribution in [2.75, 3.05) is 5.32 Å². The minimum Gasteiger partial charge on any atom is -0.439 e. The van der Waals surface area contributed by atoms with E-state index in [1.807, 2.05) is 0 Å².